The molecule has 1 aliphatic carbocycles. The number of hydrogen-bond acceptors (Lipinski definition) is 2. The van der Waals surface area contributed by atoms with Gasteiger partial charge in [-0.15, -0.1) is 0 Å². The molecule has 0 bridgehead atoms. The van der Waals surface area contributed by atoms with E-state index in [0.717, 1.165) is 35.4 Å². The van der Waals surface area contributed by atoms with Gasteiger partial charge in [0.25, 0.3) is 0 Å². The zero-order valence-electron chi connectivity index (χ0n) is 10.5. The van der Waals surface area contributed by atoms with E-state index in [1.165, 1.54) is 12.0 Å². The Bertz CT molecular complexity index is 407. The van der Waals surface area contributed by atoms with Gasteiger partial charge >= 0.3 is 0 Å². The van der Waals surface area contributed by atoms with E-state index in [4.69, 9.17) is 10.5 Å². The highest BCUT2D eigenvalue weighted by atomic mass is 79.9. The van der Waals surface area contributed by atoms with Gasteiger partial charge in [-0.1, -0.05) is 22.9 Å². The summed E-state index contributed by atoms with van der Waals surface area (Å²) in [4.78, 5) is 0. The fourth-order valence-corrected chi connectivity index (χ4v) is 3.27. The Balaban J connectivity index is 2.20. The molecule has 0 aromatic heterocycles. The smallest absolute Gasteiger partial charge is 0.122 e. The molecule has 1 aromatic carbocycles. The van der Waals surface area contributed by atoms with Gasteiger partial charge in [0, 0.05) is 10.0 Å². The average molecular weight is 298 g/mol. The van der Waals surface area contributed by atoms with Crippen LogP contribution in [0, 0.1) is 5.92 Å². The Morgan fingerprint density at radius 1 is 1.53 bits per heavy atom. The first-order valence-electron chi connectivity index (χ1n) is 6.14. The first kappa shape index (κ1) is 12.9. The maximum absolute atomic E-state index is 6.48. The largest absolute Gasteiger partial charge is 0.496 e. The van der Waals surface area contributed by atoms with Crippen molar-refractivity contribution in [2.45, 2.75) is 38.1 Å². The number of rotatable bonds is 3. The number of ether oxygens (including phenoxy) is 1. The highest BCUT2D eigenvalue weighted by Crippen LogP contribution is 2.37. The number of hydrogen-bond donors (Lipinski definition) is 1. The predicted molar refractivity (Wildman–Crippen MR) is 74.3 cm³/mol. The van der Waals surface area contributed by atoms with E-state index in [9.17, 15) is 0 Å². The van der Waals surface area contributed by atoms with Gasteiger partial charge in [-0.25, -0.2) is 0 Å². The Hall–Kier alpha value is -0.540. The van der Waals surface area contributed by atoms with Crippen LogP contribution in [-0.4, -0.2) is 12.6 Å². The third kappa shape index (κ3) is 3.02. The second-order valence-corrected chi connectivity index (χ2v) is 6.26. The van der Waals surface area contributed by atoms with E-state index >= 15 is 0 Å². The zero-order valence-corrected chi connectivity index (χ0v) is 12.1. The summed E-state index contributed by atoms with van der Waals surface area (Å²) in [5, 5.41) is 0. The standard InChI is InChI=1S/C14H20BrNO/c1-10-5-6-14(16,8-10)9-11-7-12(15)3-4-13(11)17-2/h3-4,7,10H,5-6,8-9,16H2,1-2H3. The number of nitrogens with two attached hydrogens (primary N) is 1. The summed E-state index contributed by atoms with van der Waals surface area (Å²) in [6.45, 7) is 2.28. The van der Waals surface area contributed by atoms with Crippen molar-refractivity contribution < 1.29 is 4.74 Å². The molecule has 1 saturated carbocycles. The molecule has 2 unspecified atom stereocenters. The van der Waals surface area contributed by atoms with Gasteiger partial charge in [0.2, 0.25) is 0 Å². The SMILES string of the molecule is COc1ccc(Br)cc1CC1(N)CCC(C)C1. The number of benzene rings is 1. The molecule has 2 N–H and O–H groups in total. The Labute approximate surface area is 112 Å². The molecule has 94 valence electrons. The molecular weight excluding hydrogens is 278 g/mol. The van der Waals surface area contributed by atoms with Crippen molar-refractivity contribution in [3.05, 3.63) is 28.2 Å². The van der Waals surface area contributed by atoms with Gasteiger partial charge in [-0.2, -0.15) is 0 Å². The van der Waals surface area contributed by atoms with Crippen molar-refractivity contribution in [1.29, 1.82) is 0 Å². The second kappa shape index (κ2) is 4.99. The van der Waals surface area contributed by atoms with Crippen LogP contribution in [0.2, 0.25) is 0 Å². The highest BCUT2D eigenvalue weighted by molar-refractivity contribution is 9.10. The molecule has 1 fully saturated rings. The van der Waals surface area contributed by atoms with Crippen LogP contribution in [0.4, 0.5) is 0 Å². The van der Waals surface area contributed by atoms with Crippen LogP contribution in [0.1, 0.15) is 31.7 Å². The average Bonchev–Trinajstić information content (AvgIpc) is 2.59. The van der Waals surface area contributed by atoms with Crippen LogP contribution >= 0.6 is 15.9 Å². The van der Waals surface area contributed by atoms with Gasteiger partial charge in [0.05, 0.1) is 7.11 Å². The normalized spacial score (nSPS) is 28.4. The lowest BCUT2D eigenvalue weighted by molar-refractivity contribution is 0.385. The minimum atomic E-state index is -0.0481. The van der Waals surface area contributed by atoms with Crippen LogP contribution in [0.5, 0.6) is 5.75 Å². The fourth-order valence-electron chi connectivity index (χ4n) is 2.86. The van der Waals surface area contributed by atoms with Gasteiger partial charge < -0.3 is 10.5 Å². The molecular formula is C14H20BrNO. The second-order valence-electron chi connectivity index (χ2n) is 5.34. The molecule has 0 saturated heterocycles. The lowest BCUT2D eigenvalue weighted by Gasteiger charge is -2.25. The van der Waals surface area contributed by atoms with Gasteiger partial charge in [-0.05, 0) is 55.4 Å². The van der Waals surface area contributed by atoms with Crippen LogP contribution in [0.25, 0.3) is 0 Å². The van der Waals surface area contributed by atoms with Crippen molar-refractivity contribution >= 4 is 15.9 Å². The topological polar surface area (TPSA) is 35.2 Å². The molecule has 3 heteroatoms. The summed E-state index contributed by atoms with van der Waals surface area (Å²) in [5.41, 5.74) is 7.64. The first-order chi connectivity index (χ1) is 8.02. The van der Waals surface area contributed by atoms with E-state index in [2.05, 4.69) is 28.9 Å². The van der Waals surface area contributed by atoms with Crippen molar-refractivity contribution in [2.24, 2.45) is 11.7 Å². The summed E-state index contributed by atoms with van der Waals surface area (Å²) in [7, 11) is 1.72. The van der Waals surface area contributed by atoms with E-state index in [-0.39, 0.29) is 5.54 Å². The Morgan fingerprint density at radius 3 is 2.88 bits per heavy atom. The molecule has 0 heterocycles. The lowest BCUT2D eigenvalue weighted by atomic mass is 9.89. The van der Waals surface area contributed by atoms with E-state index < -0.39 is 0 Å². The van der Waals surface area contributed by atoms with Crippen molar-refractivity contribution in [3.63, 3.8) is 0 Å². The maximum Gasteiger partial charge on any atom is 0.122 e. The minimum absolute atomic E-state index is 0.0481. The van der Waals surface area contributed by atoms with Gasteiger partial charge in [-0.3, -0.25) is 0 Å². The Morgan fingerprint density at radius 2 is 2.29 bits per heavy atom. The van der Waals surface area contributed by atoms with Crippen molar-refractivity contribution in [3.8, 4) is 5.75 Å². The molecule has 2 atom stereocenters. The molecule has 0 spiro atoms. The third-order valence-electron chi connectivity index (χ3n) is 3.67. The molecule has 0 radical (unpaired) electrons. The quantitative estimate of drug-likeness (QED) is 0.926. The van der Waals surface area contributed by atoms with Gasteiger partial charge in [0.1, 0.15) is 5.75 Å². The first-order valence-corrected chi connectivity index (χ1v) is 6.93. The van der Waals surface area contributed by atoms with E-state index in [0.29, 0.717) is 0 Å². The lowest BCUT2D eigenvalue weighted by Crippen LogP contribution is -2.39. The van der Waals surface area contributed by atoms with E-state index in [1.807, 2.05) is 12.1 Å². The summed E-state index contributed by atoms with van der Waals surface area (Å²) >= 11 is 3.51. The van der Waals surface area contributed by atoms with Crippen LogP contribution < -0.4 is 10.5 Å². The van der Waals surface area contributed by atoms with E-state index in [1.54, 1.807) is 7.11 Å². The molecule has 1 aromatic rings. The van der Waals surface area contributed by atoms with Crippen molar-refractivity contribution in [1.82, 2.24) is 0 Å². The number of halogens is 1. The Kier molecular flexibility index (Phi) is 3.79. The minimum Gasteiger partial charge on any atom is -0.496 e. The zero-order chi connectivity index (χ0) is 12.5. The molecule has 2 rings (SSSR count). The summed E-state index contributed by atoms with van der Waals surface area (Å²) < 4.78 is 6.49. The molecule has 2 nitrogen and oxygen atoms in total. The van der Waals surface area contributed by atoms with Gasteiger partial charge in [0.15, 0.2) is 0 Å². The third-order valence-corrected chi connectivity index (χ3v) is 4.17. The highest BCUT2D eigenvalue weighted by Gasteiger charge is 2.34. The number of methoxy groups -OCH3 is 1. The predicted octanol–water partition coefficient (Wildman–Crippen LogP) is 3.52. The summed E-state index contributed by atoms with van der Waals surface area (Å²) in [6.07, 6.45) is 4.37. The van der Waals surface area contributed by atoms with Crippen molar-refractivity contribution in [2.75, 3.05) is 7.11 Å². The monoisotopic (exact) mass is 297 g/mol. The molecule has 0 amide bonds. The summed E-state index contributed by atoms with van der Waals surface area (Å²) in [5.74, 6) is 1.69. The fraction of sp³-hybridized carbons (Fsp3) is 0.571. The molecule has 17 heavy (non-hydrogen) atoms. The molecule has 0 aliphatic heterocycles. The van der Waals surface area contributed by atoms with Crippen LogP contribution in [0.15, 0.2) is 22.7 Å². The van der Waals surface area contributed by atoms with Crippen LogP contribution in [0.3, 0.4) is 0 Å². The molecule has 1 aliphatic rings. The summed E-state index contributed by atoms with van der Waals surface area (Å²) in [6, 6.07) is 6.13. The maximum atomic E-state index is 6.48. The van der Waals surface area contributed by atoms with Crippen LogP contribution in [-0.2, 0) is 6.42 Å².